The van der Waals surface area contributed by atoms with Gasteiger partial charge in [0.2, 0.25) is 5.91 Å². The molecule has 2 aliphatic rings. The summed E-state index contributed by atoms with van der Waals surface area (Å²) in [6.45, 7) is 4.87. The zero-order valence-corrected chi connectivity index (χ0v) is 13.9. The van der Waals surface area contributed by atoms with Crippen molar-refractivity contribution in [3.05, 3.63) is 35.4 Å². The summed E-state index contributed by atoms with van der Waals surface area (Å²) in [6.07, 6.45) is 2.68. The van der Waals surface area contributed by atoms with Crippen molar-refractivity contribution in [1.82, 2.24) is 10.2 Å². The SMILES string of the molecule is CCOC1CC1C(=O)NC1CCN(Cc2ccc(F)c(F)c2)CC1. The zero-order chi connectivity index (χ0) is 17.1. The van der Waals surface area contributed by atoms with Crippen LogP contribution >= 0.6 is 0 Å². The van der Waals surface area contributed by atoms with Gasteiger partial charge in [0, 0.05) is 32.3 Å². The van der Waals surface area contributed by atoms with Crippen molar-refractivity contribution >= 4 is 5.91 Å². The van der Waals surface area contributed by atoms with Crippen molar-refractivity contribution in [1.29, 1.82) is 0 Å². The van der Waals surface area contributed by atoms with E-state index in [-0.39, 0.29) is 24.0 Å². The smallest absolute Gasteiger partial charge is 0.226 e. The Bertz CT molecular complexity index is 588. The van der Waals surface area contributed by atoms with Crippen LogP contribution in [0.3, 0.4) is 0 Å². The average molecular weight is 338 g/mol. The summed E-state index contributed by atoms with van der Waals surface area (Å²) in [4.78, 5) is 14.3. The normalized spacial score (nSPS) is 24.8. The number of likely N-dealkylation sites (tertiary alicyclic amines) is 1. The van der Waals surface area contributed by atoms with Crippen LogP contribution in [0.1, 0.15) is 31.7 Å². The van der Waals surface area contributed by atoms with Gasteiger partial charge in [0.25, 0.3) is 0 Å². The molecule has 1 N–H and O–H groups in total. The molecule has 1 aromatic carbocycles. The lowest BCUT2D eigenvalue weighted by atomic mass is 10.0. The highest BCUT2D eigenvalue weighted by Gasteiger charge is 2.44. The fourth-order valence-corrected chi connectivity index (χ4v) is 3.29. The van der Waals surface area contributed by atoms with Crippen molar-refractivity contribution in [3.8, 4) is 0 Å². The molecular formula is C18H24F2N2O2. The second kappa shape index (κ2) is 7.57. The fraction of sp³-hybridized carbons (Fsp3) is 0.611. The molecule has 1 heterocycles. The number of amides is 1. The van der Waals surface area contributed by atoms with E-state index in [9.17, 15) is 13.6 Å². The number of carbonyl (C=O) groups is 1. The Morgan fingerprint density at radius 2 is 2.04 bits per heavy atom. The summed E-state index contributed by atoms with van der Waals surface area (Å²) < 4.78 is 31.7. The summed E-state index contributed by atoms with van der Waals surface area (Å²) in [6, 6.07) is 4.24. The van der Waals surface area contributed by atoms with Crippen molar-refractivity contribution in [2.45, 2.75) is 44.9 Å². The number of rotatable bonds is 6. The minimum Gasteiger partial charge on any atom is -0.378 e. The maximum atomic E-state index is 13.3. The summed E-state index contributed by atoms with van der Waals surface area (Å²) in [5.74, 6) is -1.49. The number of nitrogens with zero attached hydrogens (tertiary/aromatic N) is 1. The predicted octanol–water partition coefficient (Wildman–Crippen LogP) is 2.47. The number of ether oxygens (including phenoxy) is 1. The van der Waals surface area contributed by atoms with Gasteiger partial charge in [-0.05, 0) is 43.9 Å². The van der Waals surface area contributed by atoms with Gasteiger partial charge in [-0.1, -0.05) is 6.07 Å². The average Bonchev–Trinajstić information content (AvgIpc) is 3.33. The van der Waals surface area contributed by atoms with Crippen molar-refractivity contribution in [2.75, 3.05) is 19.7 Å². The van der Waals surface area contributed by atoms with E-state index in [1.165, 1.54) is 12.1 Å². The summed E-state index contributed by atoms with van der Waals surface area (Å²) in [5, 5.41) is 3.11. The molecule has 1 aromatic rings. The molecule has 3 rings (SSSR count). The zero-order valence-electron chi connectivity index (χ0n) is 13.9. The number of hydrogen-bond donors (Lipinski definition) is 1. The lowest BCUT2D eigenvalue weighted by molar-refractivity contribution is -0.124. The first kappa shape index (κ1) is 17.3. The Morgan fingerprint density at radius 3 is 2.71 bits per heavy atom. The van der Waals surface area contributed by atoms with Crippen LogP contribution in [0.2, 0.25) is 0 Å². The fourth-order valence-electron chi connectivity index (χ4n) is 3.29. The Kier molecular flexibility index (Phi) is 5.46. The molecule has 132 valence electrons. The second-order valence-corrected chi connectivity index (χ2v) is 6.64. The molecule has 1 aliphatic heterocycles. The van der Waals surface area contributed by atoms with E-state index in [1.807, 2.05) is 6.92 Å². The van der Waals surface area contributed by atoms with Crippen LogP contribution in [0.15, 0.2) is 18.2 Å². The van der Waals surface area contributed by atoms with Crippen molar-refractivity contribution in [3.63, 3.8) is 0 Å². The molecule has 6 heteroatoms. The number of halogens is 2. The van der Waals surface area contributed by atoms with E-state index in [0.717, 1.165) is 37.9 Å². The van der Waals surface area contributed by atoms with E-state index in [0.29, 0.717) is 13.2 Å². The number of hydrogen-bond acceptors (Lipinski definition) is 3. The van der Waals surface area contributed by atoms with E-state index in [2.05, 4.69) is 10.2 Å². The van der Waals surface area contributed by atoms with Crippen LogP contribution < -0.4 is 5.32 Å². The molecule has 0 bridgehead atoms. The lowest BCUT2D eigenvalue weighted by Gasteiger charge is -2.32. The van der Waals surface area contributed by atoms with Gasteiger partial charge in [0.15, 0.2) is 11.6 Å². The van der Waals surface area contributed by atoms with Crippen LogP contribution in [0.25, 0.3) is 0 Å². The summed E-state index contributed by atoms with van der Waals surface area (Å²) in [5.41, 5.74) is 0.772. The molecule has 4 nitrogen and oxygen atoms in total. The van der Waals surface area contributed by atoms with Gasteiger partial charge in [-0.2, -0.15) is 0 Å². The van der Waals surface area contributed by atoms with Gasteiger partial charge in [-0.15, -0.1) is 0 Å². The molecular weight excluding hydrogens is 314 g/mol. The third-order valence-corrected chi connectivity index (χ3v) is 4.77. The lowest BCUT2D eigenvalue weighted by Crippen LogP contribution is -2.45. The maximum Gasteiger partial charge on any atom is 0.226 e. The van der Waals surface area contributed by atoms with Gasteiger partial charge in [0.1, 0.15) is 0 Å². The van der Waals surface area contributed by atoms with Gasteiger partial charge in [0.05, 0.1) is 12.0 Å². The molecule has 2 unspecified atom stereocenters. The van der Waals surface area contributed by atoms with Gasteiger partial charge in [-0.3, -0.25) is 9.69 Å². The topological polar surface area (TPSA) is 41.6 Å². The predicted molar refractivity (Wildman–Crippen MR) is 86.3 cm³/mol. The third kappa shape index (κ3) is 4.30. The molecule has 2 atom stereocenters. The first-order chi connectivity index (χ1) is 11.6. The van der Waals surface area contributed by atoms with Crippen LogP contribution in [-0.4, -0.2) is 42.6 Å². The van der Waals surface area contributed by atoms with Crippen LogP contribution in [0.4, 0.5) is 8.78 Å². The summed E-state index contributed by atoms with van der Waals surface area (Å²) in [7, 11) is 0. The number of carbonyl (C=O) groups excluding carboxylic acids is 1. The minimum absolute atomic E-state index is 0.0187. The number of piperidine rings is 1. The Hall–Kier alpha value is -1.53. The molecule has 1 amide bonds. The van der Waals surface area contributed by atoms with E-state index < -0.39 is 11.6 Å². The van der Waals surface area contributed by atoms with Crippen LogP contribution in [-0.2, 0) is 16.1 Å². The first-order valence-corrected chi connectivity index (χ1v) is 8.65. The van der Waals surface area contributed by atoms with Gasteiger partial charge in [-0.25, -0.2) is 8.78 Å². The molecule has 1 saturated heterocycles. The molecule has 0 spiro atoms. The van der Waals surface area contributed by atoms with Crippen LogP contribution in [0, 0.1) is 17.6 Å². The van der Waals surface area contributed by atoms with Gasteiger partial charge < -0.3 is 10.1 Å². The minimum atomic E-state index is -0.814. The Morgan fingerprint density at radius 1 is 1.29 bits per heavy atom. The monoisotopic (exact) mass is 338 g/mol. The van der Waals surface area contributed by atoms with Crippen molar-refractivity contribution < 1.29 is 18.3 Å². The molecule has 1 saturated carbocycles. The van der Waals surface area contributed by atoms with Crippen molar-refractivity contribution in [2.24, 2.45) is 5.92 Å². The number of nitrogens with one attached hydrogen (secondary N) is 1. The molecule has 0 radical (unpaired) electrons. The second-order valence-electron chi connectivity index (χ2n) is 6.64. The van der Waals surface area contributed by atoms with Gasteiger partial charge >= 0.3 is 0 Å². The third-order valence-electron chi connectivity index (χ3n) is 4.77. The molecule has 24 heavy (non-hydrogen) atoms. The highest BCUT2D eigenvalue weighted by molar-refractivity contribution is 5.82. The maximum absolute atomic E-state index is 13.3. The van der Waals surface area contributed by atoms with Crippen LogP contribution in [0.5, 0.6) is 0 Å². The quantitative estimate of drug-likeness (QED) is 0.866. The highest BCUT2D eigenvalue weighted by atomic mass is 19.2. The Balaban J connectivity index is 1.41. The molecule has 0 aromatic heterocycles. The highest BCUT2D eigenvalue weighted by Crippen LogP contribution is 2.34. The first-order valence-electron chi connectivity index (χ1n) is 8.65. The largest absolute Gasteiger partial charge is 0.378 e. The summed E-state index contributed by atoms with van der Waals surface area (Å²) >= 11 is 0. The Labute approximate surface area is 141 Å². The molecule has 2 fully saturated rings. The molecule has 1 aliphatic carbocycles. The standard InChI is InChI=1S/C18H24F2N2O2/c1-2-24-17-10-14(17)18(23)21-13-5-7-22(8-6-13)11-12-3-4-15(19)16(20)9-12/h3-4,9,13-14,17H,2,5-8,10-11H2,1H3,(H,21,23). The number of benzene rings is 1. The van der Waals surface area contributed by atoms with E-state index in [1.54, 1.807) is 6.07 Å². The van der Waals surface area contributed by atoms with E-state index >= 15 is 0 Å². The van der Waals surface area contributed by atoms with E-state index in [4.69, 9.17) is 4.74 Å².